The number of aryl methyl sites for hydroxylation is 2. The molecule has 0 heterocycles. The van der Waals surface area contributed by atoms with Crippen molar-refractivity contribution >= 4 is 29.3 Å². The third-order valence-corrected chi connectivity index (χ3v) is 5.45. The zero-order valence-electron chi connectivity index (χ0n) is 21.3. The normalized spacial score (nSPS) is 10.7. The largest absolute Gasteiger partial charge is 0.495 e. The molecular weight excluding hydrogens is 470 g/mol. The van der Waals surface area contributed by atoms with Gasteiger partial charge in [-0.25, -0.2) is 0 Å². The molecule has 3 aromatic rings. The molecule has 0 aliphatic carbocycles. The number of carbonyl (C=O) groups excluding carboxylic acids is 2. The quantitative estimate of drug-likeness (QED) is 0.290. The van der Waals surface area contributed by atoms with Crippen molar-refractivity contribution < 1.29 is 23.8 Å². The number of amides is 2. The van der Waals surface area contributed by atoms with Crippen LogP contribution >= 0.6 is 0 Å². The van der Waals surface area contributed by atoms with E-state index in [2.05, 4.69) is 10.6 Å². The lowest BCUT2D eigenvalue weighted by molar-refractivity contribution is -0.118. The molecule has 0 aliphatic rings. The van der Waals surface area contributed by atoms with Crippen molar-refractivity contribution in [3.63, 3.8) is 0 Å². The number of nitriles is 1. The number of nitrogens with one attached hydrogen (secondary N) is 2. The molecule has 0 saturated heterocycles. The molecule has 190 valence electrons. The van der Waals surface area contributed by atoms with E-state index in [4.69, 9.17) is 14.2 Å². The number of hydrogen-bond donors (Lipinski definition) is 2. The van der Waals surface area contributed by atoms with Gasteiger partial charge in [0.2, 0.25) is 0 Å². The van der Waals surface area contributed by atoms with Crippen LogP contribution < -0.4 is 24.8 Å². The van der Waals surface area contributed by atoms with E-state index < -0.39 is 5.91 Å². The zero-order chi connectivity index (χ0) is 26.8. The lowest BCUT2D eigenvalue weighted by atomic mass is 10.1. The zero-order valence-corrected chi connectivity index (χ0v) is 21.3. The first-order valence-corrected chi connectivity index (χ1v) is 11.7. The van der Waals surface area contributed by atoms with Gasteiger partial charge in [0.25, 0.3) is 11.8 Å². The van der Waals surface area contributed by atoms with Crippen LogP contribution in [0.25, 0.3) is 6.08 Å². The molecule has 0 radical (unpaired) electrons. The number of anilines is 2. The average Bonchev–Trinajstić information content (AvgIpc) is 2.89. The summed E-state index contributed by atoms with van der Waals surface area (Å²) < 4.78 is 16.6. The Morgan fingerprint density at radius 1 is 0.919 bits per heavy atom. The van der Waals surface area contributed by atoms with Crippen LogP contribution in [0.5, 0.6) is 17.2 Å². The van der Waals surface area contributed by atoms with Crippen LogP contribution in [0, 0.1) is 25.2 Å². The number of benzene rings is 3. The molecule has 0 aromatic heterocycles. The third-order valence-electron chi connectivity index (χ3n) is 5.45. The van der Waals surface area contributed by atoms with E-state index in [9.17, 15) is 14.9 Å². The first-order valence-electron chi connectivity index (χ1n) is 11.7. The monoisotopic (exact) mass is 499 g/mol. The molecule has 3 aromatic carbocycles. The van der Waals surface area contributed by atoms with Crippen molar-refractivity contribution in [3.05, 3.63) is 82.9 Å². The lowest BCUT2D eigenvalue weighted by Crippen LogP contribution is -2.20. The highest BCUT2D eigenvalue weighted by Gasteiger charge is 2.13. The highest BCUT2D eigenvalue weighted by molar-refractivity contribution is 6.09. The molecule has 0 unspecified atom stereocenters. The second-order valence-corrected chi connectivity index (χ2v) is 8.10. The third kappa shape index (κ3) is 7.36. The number of methoxy groups -OCH3 is 1. The minimum absolute atomic E-state index is 0.0643. The fraction of sp³-hybridized carbons (Fsp3) is 0.207. The van der Waals surface area contributed by atoms with Gasteiger partial charge in [-0.15, -0.1) is 0 Å². The Kier molecular flexibility index (Phi) is 9.28. The van der Waals surface area contributed by atoms with E-state index in [0.29, 0.717) is 40.8 Å². The van der Waals surface area contributed by atoms with E-state index in [-0.39, 0.29) is 18.1 Å². The SMILES string of the molecule is CCOc1cc(/C=C(/C#N)C(=O)Nc2ccc(C)c(C)c2)ccc1OCC(=O)Nc1ccccc1OC. The van der Waals surface area contributed by atoms with Gasteiger partial charge in [0.1, 0.15) is 17.4 Å². The summed E-state index contributed by atoms with van der Waals surface area (Å²) in [5, 5.41) is 15.1. The van der Waals surface area contributed by atoms with Crippen molar-refractivity contribution in [3.8, 4) is 23.3 Å². The fourth-order valence-electron chi connectivity index (χ4n) is 3.41. The molecule has 8 nitrogen and oxygen atoms in total. The predicted octanol–water partition coefficient (Wildman–Crippen LogP) is 5.27. The minimum atomic E-state index is -0.517. The smallest absolute Gasteiger partial charge is 0.266 e. The van der Waals surface area contributed by atoms with E-state index in [1.54, 1.807) is 48.5 Å². The van der Waals surface area contributed by atoms with Crippen molar-refractivity contribution in [2.24, 2.45) is 0 Å². The lowest BCUT2D eigenvalue weighted by Gasteiger charge is -2.14. The maximum atomic E-state index is 12.7. The molecule has 0 saturated carbocycles. The second kappa shape index (κ2) is 12.8. The van der Waals surface area contributed by atoms with Gasteiger partial charge in [-0.05, 0) is 79.9 Å². The van der Waals surface area contributed by atoms with Crippen LogP contribution in [0.2, 0.25) is 0 Å². The Morgan fingerprint density at radius 3 is 2.41 bits per heavy atom. The van der Waals surface area contributed by atoms with E-state index >= 15 is 0 Å². The fourth-order valence-corrected chi connectivity index (χ4v) is 3.41. The highest BCUT2D eigenvalue weighted by Crippen LogP contribution is 2.30. The summed E-state index contributed by atoms with van der Waals surface area (Å²) >= 11 is 0. The molecule has 8 heteroatoms. The van der Waals surface area contributed by atoms with Gasteiger partial charge in [-0.3, -0.25) is 9.59 Å². The predicted molar refractivity (Wildman–Crippen MR) is 143 cm³/mol. The van der Waals surface area contributed by atoms with Crippen molar-refractivity contribution in [1.29, 1.82) is 5.26 Å². The first-order chi connectivity index (χ1) is 17.8. The molecule has 3 rings (SSSR count). The van der Waals surface area contributed by atoms with Crippen LogP contribution in [0.3, 0.4) is 0 Å². The van der Waals surface area contributed by atoms with E-state index in [1.807, 2.05) is 39.0 Å². The molecule has 0 aliphatic heterocycles. The van der Waals surface area contributed by atoms with Crippen LogP contribution in [0.4, 0.5) is 11.4 Å². The van der Waals surface area contributed by atoms with Crippen molar-refractivity contribution in [2.45, 2.75) is 20.8 Å². The summed E-state index contributed by atoms with van der Waals surface area (Å²) in [4.78, 5) is 25.1. The topological polar surface area (TPSA) is 110 Å². The summed E-state index contributed by atoms with van der Waals surface area (Å²) in [6, 6.07) is 19.5. The summed E-state index contributed by atoms with van der Waals surface area (Å²) in [6.07, 6.45) is 1.47. The second-order valence-electron chi connectivity index (χ2n) is 8.10. The molecule has 0 bridgehead atoms. The standard InChI is InChI=1S/C29H29N3O5/c1-5-36-27-16-21(15-22(17-30)29(34)31-23-12-10-19(2)20(3)14-23)11-13-26(27)37-18-28(33)32-24-8-6-7-9-25(24)35-4/h6-16H,5,18H2,1-4H3,(H,31,34)(H,32,33)/b22-15-. The molecule has 0 atom stereocenters. The Morgan fingerprint density at radius 2 is 1.70 bits per heavy atom. The maximum absolute atomic E-state index is 12.7. The van der Waals surface area contributed by atoms with Crippen LogP contribution in [-0.2, 0) is 9.59 Å². The van der Waals surface area contributed by atoms with Crippen molar-refractivity contribution in [2.75, 3.05) is 31.0 Å². The van der Waals surface area contributed by atoms with Gasteiger partial charge >= 0.3 is 0 Å². The van der Waals surface area contributed by atoms with Crippen LogP contribution in [0.15, 0.2) is 66.2 Å². The number of carbonyl (C=O) groups is 2. The highest BCUT2D eigenvalue weighted by atomic mass is 16.5. The Labute approximate surface area is 216 Å². The Balaban J connectivity index is 1.72. The van der Waals surface area contributed by atoms with Gasteiger partial charge in [0.15, 0.2) is 18.1 Å². The Hall–Kier alpha value is -4.77. The Bertz CT molecular complexity index is 1360. The van der Waals surface area contributed by atoms with Gasteiger partial charge in [-0.2, -0.15) is 5.26 Å². The van der Waals surface area contributed by atoms with Crippen LogP contribution in [0.1, 0.15) is 23.6 Å². The van der Waals surface area contributed by atoms with Crippen LogP contribution in [-0.4, -0.2) is 32.1 Å². The number of ether oxygens (including phenoxy) is 3. The first kappa shape index (κ1) is 26.8. The molecule has 0 spiro atoms. The average molecular weight is 500 g/mol. The van der Waals surface area contributed by atoms with Gasteiger partial charge in [0.05, 0.1) is 19.4 Å². The molecule has 2 N–H and O–H groups in total. The van der Waals surface area contributed by atoms with Crippen molar-refractivity contribution in [1.82, 2.24) is 0 Å². The van der Waals surface area contributed by atoms with E-state index in [1.165, 1.54) is 13.2 Å². The summed E-state index contributed by atoms with van der Waals surface area (Å²) in [5.41, 5.74) is 3.80. The van der Waals surface area contributed by atoms with E-state index in [0.717, 1.165) is 11.1 Å². The number of para-hydroxylation sites is 2. The maximum Gasteiger partial charge on any atom is 0.266 e. The molecule has 0 fully saturated rings. The number of hydrogen-bond acceptors (Lipinski definition) is 6. The van der Waals surface area contributed by atoms with Gasteiger partial charge in [0, 0.05) is 5.69 Å². The summed E-state index contributed by atoms with van der Waals surface area (Å²) in [5.74, 6) is 0.389. The summed E-state index contributed by atoms with van der Waals surface area (Å²) in [7, 11) is 1.52. The minimum Gasteiger partial charge on any atom is -0.495 e. The molecule has 2 amide bonds. The summed E-state index contributed by atoms with van der Waals surface area (Å²) in [6.45, 7) is 5.85. The number of rotatable bonds is 10. The van der Waals surface area contributed by atoms with Gasteiger partial charge < -0.3 is 24.8 Å². The number of nitrogens with zero attached hydrogens (tertiary/aromatic N) is 1. The molecule has 37 heavy (non-hydrogen) atoms. The molecular formula is C29H29N3O5. The van der Waals surface area contributed by atoms with Gasteiger partial charge in [-0.1, -0.05) is 24.3 Å².